The third-order valence-corrected chi connectivity index (χ3v) is 5.91. The standard InChI is InChI=1S/C16H28N4OS/c1-17-10-15-18-19-16(20(15)11-14-8-5-9-21-14)22-12-13-6-3-2-4-7-13/h13-14,17H,2-12H2,1H3. The van der Waals surface area contributed by atoms with Gasteiger partial charge in [-0.25, -0.2) is 0 Å². The van der Waals surface area contributed by atoms with Crippen LogP contribution < -0.4 is 5.32 Å². The number of aromatic nitrogens is 3. The van der Waals surface area contributed by atoms with Gasteiger partial charge in [-0.05, 0) is 38.6 Å². The molecular weight excluding hydrogens is 296 g/mol. The smallest absolute Gasteiger partial charge is 0.191 e. The van der Waals surface area contributed by atoms with Gasteiger partial charge in [-0.3, -0.25) is 0 Å². The van der Waals surface area contributed by atoms with E-state index >= 15 is 0 Å². The van der Waals surface area contributed by atoms with E-state index in [0.717, 1.165) is 43.0 Å². The molecular formula is C16H28N4OS. The van der Waals surface area contributed by atoms with Crippen LogP contribution in [0.15, 0.2) is 5.16 Å². The maximum Gasteiger partial charge on any atom is 0.191 e. The van der Waals surface area contributed by atoms with Crippen LogP contribution in [0.1, 0.15) is 50.8 Å². The Hall–Kier alpha value is -0.590. The number of thioether (sulfide) groups is 1. The zero-order valence-corrected chi connectivity index (χ0v) is 14.4. The van der Waals surface area contributed by atoms with Gasteiger partial charge in [0.25, 0.3) is 0 Å². The molecule has 0 bridgehead atoms. The van der Waals surface area contributed by atoms with Crippen LogP contribution in [0.3, 0.4) is 0 Å². The van der Waals surface area contributed by atoms with Crippen molar-refractivity contribution in [1.29, 1.82) is 0 Å². The van der Waals surface area contributed by atoms with Gasteiger partial charge in [0, 0.05) is 12.4 Å². The molecule has 22 heavy (non-hydrogen) atoms. The van der Waals surface area contributed by atoms with Crippen molar-refractivity contribution in [3.8, 4) is 0 Å². The molecule has 124 valence electrons. The van der Waals surface area contributed by atoms with E-state index in [2.05, 4.69) is 20.1 Å². The van der Waals surface area contributed by atoms with E-state index in [1.165, 1.54) is 44.3 Å². The molecule has 1 aromatic heterocycles. The van der Waals surface area contributed by atoms with Gasteiger partial charge in [0.1, 0.15) is 5.82 Å². The van der Waals surface area contributed by atoms with Crippen LogP contribution in [0.25, 0.3) is 0 Å². The third-order valence-electron chi connectivity index (χ3n) is 4.71. The summed E-state index contributed by atoms with van der Waals surface area (Å²) in [5.74, 6) is 3.08. The Labute approximate surface area is 137 Å². The Morgan fingerprint density at radius 1 is 1.18 bits per heavy atom. The highest BCUT2D eigenvalue weighted by molar-refractivity contribution is 7.99. The molecule has 3 rings (SSSR count). The summed E-state index contributed by atoms with van der Waals surface area (Å²) >= 11 is 1.89. The second-order valence-electron chi connectivity index (χ2n) is 6.49. The van der Waals surface area contributed by atoms with E-state index in [4.69, 9.17) is 4.74 Å². The molecule has 1 saturated heterocycles. The van der Waals surface area contributed by atoms with Gasteiger partial charge in [0.05, 0.1) is 19.2 Å². The zero-order valence-electron chi connectivity index (χ0n) is 13.6. The largest absolute Gasteiger partial charge is 0.376 e. The molecule has 0 spiro atoms. The van der Waals surface area contributed by atoms with E-state index in [-0.39, 0.29) is 0 Å². The lowest BCUT2D eigenvalue weighted by Gasteiger charge is -2.21. The van der Waals surface area contributed by atoms with E-state index < -0.39 is 0 Å². The predicted molar refractivity (Wildman–Crippen MR) is 89.1 cm³/mol. The first-order valence-corrected chi connectivity index (χ1v) is 9.66. The average molecular weight is 324 g/mol. The van der Waals surface area contributed by atoms with E-state index in [0.29, 0.717) is 6.10 Å². The number of nitrogens with one attached hydrogen (secondary N) is 1. The Bertz CT molecular complexity index is 453. The quantitative estimate of drug-likeness (QED) is 0.782. The van der Waals surface area contributed by atoms with Crippen LogP contribution in [-0.2, 0) is 17.8 Å². The molecule has 2 heterocycles. The SMILES string of the molecule is CNCc1nnc(SCC2CCCCC2)n1CC1CCCO1. The summed E-state index contributed by atoms with van der Waals surface area (Å²) in [5, 5.41) is 13.1. The number of hydrogen-bond donors (Lipinski definition) is 1. The second kappa shape index (κ2) is 8.31. The molecule has 1 saturated carbocycles. The molecule has 1 unspecified atom stereocenters. The van der Waals surface area contributed by atoms with Crippen molar-refractivity contribution in [3.63, 3.8) is 0 Å². The third kappa shape index (κ3) is 4.24. The van der Waals surface area contributed by atoms with Crippen molar-refractivity contribution >= 4 is 11.8 Å². The van der Waals surface area contributed by atoms with Crippen LogP contribution in [0.2, 0.25) is 0 Å². The van der Waals surface area contributed by atoms with E-state index in [1.54, 1.807) is 0 Å². The summed E-state index contributed by atoms with van der Waals surface area (Å²) < 4.78 is 8.08. The van der Waals surface area contributed by atoms with Gasteiger partial charge in [-0.15, -0.1) is 10.2 Å². The maximum absolute atomic E-state index is 5.80. The van der Waals surface area contributed by atoms with Crippen LogP contribution >= 0.6 is 11.8 Å². The Morgan fingerprint density at radius 3 is 2.77 bits per heavy atom. The lowest BCUT2D eigenvalue weighted by molar-refractivity contribution is 0.0941. The number of hydrogen-bond acceptors (Lipinski definition) is 5. The maximum atomic E-state index is 5.80. The van der Waals surface area contributed by atoms with Gasteiger partial charge in [-0.2, -0.15) is 0 Å². The van der Waals surface area contributed by atoms with E-state index in [1.807, 2.05) is 18.8 Å². The van der Waals surface area contributed by atoms with Crippen molar-refractivity contribution in [2.45, 2.75) is 69.3 Å². The highest BCUT2D eigenvalue weighted by Gasteiger charge is 2.22. The van der Waals surface area contributed by atoms with Crippen molar-refractivity contribution in [2.24, 2.45) is 5.92 Å². The first kappa shape index (κ1) is 16.3. The monoisotopic (exact) mass is 324 g/mol. The van der Waals surface area contributed by atoms with Crippen LogP contribution in [0, 0.1) is 5.92 Å². The van der Waals surface area contributed by atoms with Crippen molar-refractivity contribution < 1.29 is 4.74 Å². The Balaban J connectivity index is 1.63. The first-order chi connectivity index (χ1) is 10.9. The van der Waals surface area contributed by atoms with Crippen molar-refractivity contribution in [3.05, 3.63) is 5.82 Å². The zero-order chi connectivity index (χ0) is 15.2. The normalized spacial score (nSPS) is 23.2. The summed E-state index contributed by atoms with van der Waals surface area (Å²) in [7, 11) is 1.96. The van der Waals surface area contributed by atoms with E-state index in [9.17, 15) is 0 Å². The molecule has 2 fully saturated rings. The molecule has 0 radical (unpaired) electrons. The van der Waals surface area contributed by atoms with Crippen molar-refractivity contribution in [2.75, 3.05) is 19.4 Å². The number of nitrogens with zero attached hydrogens (tertiary/aromatic N) is 3. The summed E-state index contributed by atoms with van der Waals surface area (Å²) in [6, 6.07) is 0. The molecule has 6 heteroatoms. The lowest BCUT2D eigenvalue weighted by Crippen LogP contribution is -2.20. The van der Waals surface area contributed by atoms with Crippen molar-refractivity contribution in [1.82, 2.24) is 20.1 Å². The van der Waals surface area contributed by atoms with Gasteiger partial charge in [-0.1, -0.05) is 31.0 Å². The molecule has 0 amide bonds. The first-order valence-electron chi connectivity index (χ1n) is 8.68. The van der Waals surface area contributed by atoms with Gasteiger partial charge in [0.15, 0.2) is 5.16 Å². The minimum absolute atomic E-state index is 0.334. The molecule has 1 N–H and O–H groups in total. The highest BCUT2D eigenvalue weighted by atomic mass is 32.2. The molecule has 0 aromatic carbocycles. The fraction of sp³-hybridized carbons (Fsp3) is 0.875. The second-order valence-corrected chi connectivity index (χ2v) is 7.48. The highest BCUT2D eigenvalue weighted by Crippen LogP contribution is 2.30. The van der Waals surface area contributed by atoms with Crippen LogP contribution in [0.4, 0.5) is 0 Å². The summed E-state index contributed by atoms with van der Waals surface area (Å²) in [6.45, 7) is 2.57. The molecule has 1 aromatic rings. The van der Waals surface area contributed by atoms with Crippen LogP contribution in [-0.4, -0.2) is 40.3 Å². The fourth-order valence-corrected chi connectivity index (χ4v) is 4.59. The predicted octanol–water partition coefficient (Wildman–Crippen LogP) is 2.85. The molecule has 5 nitrogen and oxygen atoms in total. The molecule has 1 atom stereocenters. The minimum atomic E-state index is 0.334. The summed E-state index contributed by atoms with van der Waals surface area (Å²) in [4.78, 5) is 0. The topological polar surface area (TPSA) is 52.0 Å². The Kier molecular flexibility index (Phi) is 6.15. The number of rotatable bonds is 7. The van der Waals surface area contributed by atoms with Gasteiger partial charge in [0.2, 0.25) is 0 Å². The minimum Gasteiger partial charge on any atom is -0.376 e. The lowest BCUT2D eigenvalue weighted by atomic mass is 9.91. The molecule has 2 aliphatic rings. The molecule has 1 aliphatic heterocycles. The van der Waals surface area contributed by atoms with Gasteiger partial charge >= 0.3 is 0 Å². The van der Waals surface area contributed by atoms with Gasteiger partial charge < -0.3 is 14.6 Å². The van der Waals surface area contributed by atoms with Crippen LogP contribution in [0.5, 0.6) is 0 Å². The fourth-order valence-electron chi connectivity index (χ4n) is 3.44. The Morgan fingerprint density at radius 2 is 2.05 bits per heavy atom. The number of ether oxygens (including phenoxy) is 1. The average Bonchev–Trinajstić information content (AvgIpc) is 3.19. The summed E-state index contributed by atoms with van der Waals surface area (Å²) in [5.41, 5.74) is 0. The molecule has 1 aliphatic carbocycles. The summed E-state index contributed by atoms with van der Waals surface area (Å²) in [6.07, 6.45) is 9.66.